The molecule has 1 aromatic rings. The van der Waals surface area contributed by atoms with Crippen LogP contribution in [-0.2, 0) is 9.57 Å². The molecule has 15 heavy (non-hydrogen) atoms. The first-order chi connectivity index (χ1) is 7.15. The fourth-order valence-corrected chi connectivity index (χ4v) is 0.982. The highest BCUT2D eigenvalue weighted by molar-refractivity contribution is 5.67. The monoisotopic (exact) mass is 210 g/mol. The van der Waals surface area contributed by atoms with E-state index < -0.39 is 12.4 Å². The Bertz CT molecular complexity index is 314. The van der Waals surface area contributed by atoms with Crippen molar-refractivity contribution in [2.75, 3.05) is 14.1 Å². The van der Waals surface area contributed by atoms with Crippen molar-refractivity contribution in [1.29, 1.82) is 0 Å². The first-order valence-corrected chi connectivity index (χ1v) is 4.43. The Balaban J connectivity index is 2.69. The Kier molecular flexibility index (Phi) is 4.08. The third kappa shape index (κ3) is 3.23. The summed E-state index contributed by atoms with van der Waals surface area (Å²) in [5.74, 6) is 5.06. The van der Waals surface area contributed by atoms with E-state index in [4.69, 9.17) is 10.6 Å². The molecular formula is C10H14N2O3. The summed E-state index contributed by atoms with van der Waals surface area (Å²) in [4.78, 5) is 17.1. The molecule has 0 aromatic heterocycles. The van der Waals surface area contributed by atoms with Crippen LogP contribution in [0.25, 0.3) is 0 Å². The Morgan fingerprint density at radius 2 is 1.93 bits per heavy atom. The fourth-order valence-electron chi connectivity index (χ4n) is 0.982. The van der Waals surface area contributed by atoms with Gasteiger partial charge in [-0.3, -0.25) is 4.84 Å². The smallest absolute Gasteiger partial charge is 0.411 e. The fraction of sp³-hybridized carbons (Fsp3) is 0.300. The highest BCUT2D eigenvalue weighted by Gasteiger charge is 2.17. The first kappa shape index (κ1) is 11.5. The third-order valence-corrected chi connectivity index (χ3v) is 1.77. The third-order valence-electron chi connectivity index (χ3n) is 1.77. The van der Waals surface area contributed by atoms with Gasteiger partial charge in [-0.1, -0.05) is 30.3 Å². The van der Waals surface area contributed by atoms with Gasteiger partial charge in [-0.05, 0) is 0 Å². The molecule has 0 spiro atoms. The van der Waals surface area contributed by atoms with Crippen molar-refractivity contribution in [1.82, 2.24) is 4.90 Å². The standard InChI is InChI=1S/C10H14N2O3/c1-12(2)10(13)14-9(15-11)8-6-4-3-5-7-8/h3-7,9H,11H2,1-2H3. The summed E-state index contributed by atoms with van der Waals surface area (Å²) in [5.41, 5.74) is 0.690. The molecular weight excluding hydrogens is 196 g/mol. The highest BCUT2D eigenvalue weighted by atomic mass is 16.8. The second-order valence-corrected chi connectivity index (χ2v) is 3.16. The van der Waals surface area contributed by atoms with Crippen LogP contribution >= 0.6 is 0 Å². The first-order valence-electron chi connectivity index (χ1n) is 4.43. The molecule has 1 aromatic carbocycles. The van der Waals surface area contributed by atoms with E-state index in [1.807, 2.05) is 18.2 Å². The quantitative estimate of drug-likeness (QED) is 0.602. The van der Waals surface area contributed by atoms with Crippen LogP contribution in [0.3, 0.4) is 0 Å². The largest absolute Gasteiger partial charge is 0.413 e. The van der Waals surface area contributed by atoms with Gasteiger partial charge < -0.3 is 9.64 Å². The zero-order chi connectivity index (χ0) is 11.3. The van der Waals surface area contributed by atoms with E-state index in [1.165, 1.54) is 4.90 Å². The molecule has 2 N–H and O–H groups in total. The molecule has 82 valence electrons. The van der Waals surface area contributed by atoms with E-state index in [1.54, 1.807) is 26.2 Å². The molecule has 0 bridgehead atoms. The molecule has 0 aliphatic heterocycles. The number of benzene rings is 1. The minimum Gasteiger partial charge on any atom is -0.413 e. The average Bonchev–Trinajstić information content (AvgIpc) is 2.26. The summed E-state index contributed by atoms with van der Waals surface area (Å²) in [6.07, 6.45) is -1.38. The minimum atomic E-state index is -0.874. The zero-order valence-corrected chi connectivity index (χ0v) is 8.71. The predicted molar refractivity (Wildman–Crippen MR) is 54.6 cm³/mol. The van der Waals surface area contributed by atoms with E-state index in [-0.39, 0.29) is 0 Å². The maximum Gasteiger partial charge on any atom is 0.411 e. The van der Waals surface area contributed by atoms with Gasteiger partial charge in [0.05, 0.1) is 0 Å². The Morgan fingerprint density at radius 3 is 2.40 bits per heavy atom. The molecule has 0 aliphatic carbocycles. The van der Waals surface area contributed by atoms with Crippen LogP contribution in [0.5, 0.6) is 0 Å². The number of ether oxygens (including phenoxy) is 1. The van der Waals surface area contributed by atoms with E-state index in [9.17, 15) is 4.79 Å². The lowest BCUT2D eigenvalue weighted by molar-refractivity contribution is -0.116. The van der Waals surface area contributed by atoms with Gasteiger partial charge in [0.15, 0.2) is 0 Å². The SMILES string of the molecule is CN(C)C(=O)OC(ON)c1ccccc1. The Hall–Kier alpha value is -1.59. The van der Waals surface area contributed by atoms with Gasteiger partial charge >= 0.3 is 6.09 Å². The summed E-state index contributed by atoms with van der Waals surface area (Å²) in [6, 6.07) is 9.00. The van der Waals surface area contributed by atoms with Gasteiger partial charge in [0, 0.05) is 19.7 Å². The van der Waals surface area contributed by atoms with Crippen LogP contribution in [0.4, 0.5) is 4.79 Å². The van der Waals surface area contributed by atoms with Crippen molar-refractivity contribution in [3.05, 3.63) is 35.9 Å². The predicted octanol–water partition coefficient (Wildman–Crippen LogP) is 1.27. The van der Waals surface area contributed by atoms with Gasteiger partial charge in [0.1, 0.15) is 0 Å². The maximum absolute atomic E-state index is 11.3. The molecule has 1 amide bonds. The second kappa shape index (κ2) is 5.33. The highest BCUT2D eigenvalue weighted by Crippen LogP contribution is 2.17. The topological polar surface area (TPSA) is 64.8 Å². The summed E-state index contributed by atoms with van der Waals surface area (Å²) in [7, 11) is 3.17. The minimum absolute atomic E-state index is 0.505. The molecule has 5 nitrogen and oxygen atoms in total. The molecule has 1 atom stereocenters. The van der Waals surface area contributed by atoms with Crippen molar-refractivity contribution < 1.29 is 14.4 Å². The normalized spacial score (nSPS) is 11.9. The Morgan fingerprint density at radius 1 is 1.33 bits per heavy atom. The van der Waals surface area contributed by atoms with Gasteiger partial charge in [0.25, 0.3) is 0 Å². The van der Waals surface area contributed by atoms with E-state index in [2.05, 4.69) is 4.84 Å². The molecule has 0 saturated carbocycles. The lowest BCUT2D eigenvalue weighted by Gasteiger charge is -2.18. The molecule has 0 heterocycles. The van der Waals surface area contributed by atoms with Gasteiger partial charge in [-0.25, -0.2) is 10.7 Å². The molecule has 0 aliphatic rings. The molecule has 0 fully saturated rings. The molecule has 0 radical (unpaired) electrons. The molecule has 1 unspecified atom stereocenters. The van der Waals surface area contributed by atoms with Crippen LogP contribution in [0.1, 0.15) is 11.9 Å². The number of hydrogen-bond acceptors (Lipinski definition) is 4. The van der Waals surface area contributed by atoms with Gasteiger partial charge in [-0.15, -0.1) is 0 Å². The number of rotatable bonds is 3. The maximum atomic E-state index is 11.3. The molecule has 5 heteroatoms. The van der Waals surface area contributed by atoms with Crippen molar-refractivity contribution in [2.24, 2.45) is 5.90 Å². The van der Waals surface area contributed by atoms with E-state index in [0.717, 1.165) is 0 Å². The summed E-state index contributed by atoms with van der Waals surface area (Å²) in [6.45, 7) is 0. The van der Waals surface area contributed by atoms with Crippen LogP contribution < -0.4 is 5.90 Å². The molecule has 0 saturated heterocycles. The number of carbonyl (C=O) groups excluding carboxylic acids is 1. The number of hydrogen-bond donors (Lipinski definition) is 1. The zero-order valence-electron chi connectivity index (χ0n) is 8.71. The summed E-state index contributed by atoms with van der Waals surface area (Å²) < 4.78 is 4.99. The van der Waals surface area contributed by atoms with Gasteiger partial charge in [0.2, 0.25) is 6.29 Å². The average molecular weight is 210 g/mol. The van der Waals surface area contributed by atoms with E-state index >= 15 is 0 Å². The Labute approximate surface area is 88.3 Å². The molecule has 1 rings (SSSR count). The van der Waals surface area contributed by atoms with Crippen LogP contribution in [-0.4, -0.2) is 25.1 Å². The van der Waals surface area contributed by atoms with Crippen LogP contribution in [0.2, 0.25) is 0 Å². The van der Waals surface area contributed by atoms with Crippen molar-refractivity contribution in [3.63, 3.8) is 0 Å². The van der Waals surface area contributed by atoms with Crippen LogP contribution in [0.15, 0.2) is 30.3 Å². The van der Waals surface area contributed by atoms with Crippen LogP contribution in [0, 0.1) is 0 Å². The van der Waals surface area contributed by atoms with E-state index in [0.29, 0.717) is 5.56 Å². The number of nitrogens with zero attached hydrogens (tertiary/aromatic N) is 1. The number of amides is 1. The number of carbonyl (C=O) groups is 1. The van der Waals surface area contributed by atoms with Crippen molar-refractivity contribution in [3.8, 4) is 0 Å². The lowest BCUT2D eigenvalue weighted by Crippen LogP contribution is -2.26. The van der Waals surface area contributed by atoms with Gasteiger partial charge in [-0.2, -0.15) is 0 Å². The summed E-state index contributed by atoms with van der Waals surface area (Å²) in [5, 5.41) is 0. The summed E-state index contributed by atoms with van der Waals surface area (Å²) >= 11 is 0. The lowest BCUT2D eigenvalue weighted by atomic mass is 10.2. The second-order valence-electron chi connectivity index (χ2n) is 3.16. The van der Waals surface area contributed by atoms with Crippen molar-refractivity contribution in [2.45, 2.75) is 6.29 Å². The number of nitrogens with two attached hydrogens (primary N) is 1. The van der Waals surface area contributed by atoms with Crippen molar-refractivity contribution >= 4 is 6.09 Å².